The summed E-state index contributed by atoms with van der Waals surface area (Å²) < 4.78 is 61.1. The number of hydrogen-bond acceptors (Lipinski definition) is 3. The molecule has 1 unspecified atom stereocenters. The van der Waals surface area contributed by atoms with Gasteiger partial charge >= 0.3 is 6.18 Å². The van der Waals surface area contributed by atoms with Crippen LogP contribution in [0.3, 0.4) is 0 Å². The van der Waals surface area contributed by atoms with Crippen molar-refractivity contribution in [3.05, 3.63) is 0 Å². The Hall–Kier alpha value is -0.340. The molecule has 1 fully saturated rings. The molecule has 1 aliphatic heterocycles. The van der Waals surface area contributed by atoms with Crippen LogP contribution in [0.2, 0.25) is 0 Å². The van der Waals surface area contributed by atoms with Gasteiger partial charge in [-0.1, -0.05) is 0 Å². The van der Waals surface area contributed by atoms with Gasteiger partial charge in [-0.3, -0.25) is 0 Å². The molecule has 1 aliphatic rings. The van der Waals surface area contributed by atoms with Gasteiger partial charge in [-0.05, 0) is 25.8 Å². The van der Waals surface area contributed by atoms with Crippen molar-refractivity contribution in [2.45, 2.75) is 37.1 Å². The zero-order valence-electron chi connectivity index (χ0n) is 9.39. The van der Waals surface area contributed by atoms with Gasteiger partial charge in [-0.15, -0.1) is 0 Å². The molecule has 1 atom stereocenters. The molecule has 0 radical (unpaired) electrons. The first-order valence-electron chi connectivity index (χ1n) is 5.57. The average molecular weight is 274 g/mol. The molecule has 4 nitrogen and oxygen atoms in total. The van der Waals surface area contributed by atoms with Gasteiger partial charge in [0.1, 0.15) is 0 Å². The maximum Gasteiger partial charge on any atom is 0.389 e. The van der Waals surface area contributed by atoms with Crippen LogP contribution >= 0.6 is 0 Å². The molecule has 1 rings (SSSR count). The van der Waals surface area contributed by atoms with Crippen LogP contribution in [0.15, 0.2) is 0 Å². The van der Waals surface area contributed by atoms with Crippen LogP contribution in [-0.4, -0.2) is 39.5 Å². The minimum atomic E-state index is -4.22. The highest BCUT2D eigenvalue weighted by atomic mass is 32.2. The fourth-order valence-electron chi connectivity index (χ4n) is 1.71. The number of sulfonamides is 1. The summed E-state index contributed by atoms with van der Waals surface area (Å²) in [4.78, 5) is 0. The minimum absolute atomic E-state index is 0.154. The third kappa shape index (κ3) is 5.69. The van der Waals surface area contributed by atoms with E-state index in [1.165, 1.54) is 0 Å². The molecule has 0 aromatic carbocycles. The van der Waals surface area contributed by atoms with Crippen molar-refractivity contribution in [2.24, 2.45) is 0 Å². The summed E-state index contributed by atoms with van der Waals surface area (Å²) in [5.41, 5.74) is 0. The topological polar surface area (TPSA) is 58.2 Å². The lowest BCUT2D eigenvalue weighted by molar-refractivity contribution is -0.135. The van der Waals surface area contributed by atoms with Gasteiger partial charge in [0.2, 0.25) is 10.0 Å². The molecule has 0 bridgehead atoms. The van der Waals surface area contributed by atoms with Crippen molar-refractivity contribution in [1.29, 1.82) is 0 Å². The summed E-state index contributed by atoms with van der Waals surface area (Å²) in [6.45, 7) is 1.01. The van der Waals surface area contributed by atoms with Crippen LogP contribution in [0.25, 0.3) is 0 Å². The molecule has 2 N–H and O–H groups in total. The molecule has 0 spiro atoms. The molecule has 0 aromatic rings. The Balaban J connectivity index is 2.29. The number of rotatable bonds is 5. The molecule has 0 saturated carbocycles. The Morgan fingerprint density at radius 2 is 2.06 bits per heavy atom. The van der Waals surface area contributed by atoms with E-state index in [-0.39, 0.29) is 13.0 Å². The first kappa shape index (κ1) is 14.7. The fraction of sp³-hybridized carbons (Fsp3) is 1.00. The summed E-state index contributed by atoms with van der Waals surface area (Å²) in [6.07, 6.45) is -4.07. The van der Waals surface area contributed by atoms with Crippen LogP contribution in [0.5, 0.6) is 0 Å². The highest BCUT2D eigenvalue weighted by molar-refractivity contribution is 7.90. The number of nitrogens with one attached hydrogen (secondary N) is 2. The number of alkyl halides is 3. The van der Waals surface area contributed by atoms with Crippen molar-refractivity contribution in [3.63, 3.8) is 0 Å². The lowest BCUT2D eigenvalue weighted by Crippen LogP contribution is -2.44. The fourth-order valence-corrected chi connectivity index (χ4v) is 3.18. The summed E-state index contributed by atoms with van der Waals surface area (Å²) in [7, 11) is -3.48. The second-order valence-corrected chi connectivity index (χ2v) is 6.17. The van der Waals surface area contributed by atoms with E-state index in [4.69, 9.17) is 0 Å². The first-order chi connectivity index (χ1) is 7.81. The van der Waals surface area contributed by atoms with Gasteiger partial charge in [0.05, 0.1) is 5.25 Å². The molecule has 0 aromatic heterocycles. The summed E-state index contributed by atoms with van der Waals surface area (Å²) >= 11 is 0. The third-order valence-electron chi connectivity index (χ3n) is 2.63. The van der Waals surface area contributed by atoms with Gasteiger partial charge in [-0.2, -0.15) is 13.2 Å². The predicted molar refractivity (Wildman–Crippen MR) is 58.1 cm³/mol. The Morgan fingerprint density at radius 1 is 1.35 bits per heavy atom. The Kier molecular flexibility index (Phi) is 5.21. The van der Waals surface area contributed by atoms with Crippen molar-refractivity contribution < 1.29 is 21.6 Å². The van der Waals surface area contributed by atoms with Crippen molar-refractivity contribution in [1.82, 2.24) is 10.0 Å². The van der Waals surface area contributed by atoms with E-state index in [9.17, 15) is 21.6 Å². The second kappa shape index (κ2) is 6.01. The Bertz CT molecular complexity index is 324. The molecule has 1 heterocycles. The lowest BCUT2D eigenvalue weighted by atomic mass is 10.2. The molecule has 1 saturated heterocycles. The zero-order chi connectivity index (χ0) is 12.9. The largest absolute Gasteiger partial charge is 0.389 e. The zero-order valence-corrected chi connectivity index (χ0v) is 10.2. The van der Waals surface area contributed by atoms with Gasteiger partial charge in [-0.25, -0.2) is 13.1 Å². The number of piperidine rings is 1. The second-order valence-electron chi connectivity index (χ2n) is 4.13. The van der Waals surface area contributed by atoms with Gasteiger partial charge < -0.3 is 5.32 Å². The Labute approximate surface area is 99.0 Å². The quantitative estimate of drug-likeness (QED) is 0.735. The van der Waals surface area contributed by atoms with Crippen molar-refractivity contribution >= 4 is 10.0 Å². The van der Waals surface area contributed by atoms with Crippen LogP contribution in [0.1, 0.15) is 25.7 Å². The van der Waals surface area contributed by atoms with Gasteiger partial charge in [0, 0.05) is 19.5 Å². The molecule has 0 aliphatic carbocycles. The van der Waals surface area contributed by atoms with Crippen LogP contribution in [0, 0.1) is 0 Å². The average Bonchev–Trinajstić information content (AvgIpc) is 2.25. The van der Waals surface area contributed by atoms with Gasteiger partial charge in [0.15, 0.2) is 0 Å². The van der Waals surface area contributed by atoms with Crippen molar-refractivity contribution in [3.8, 4) is 0 Å². The monoisotopic (exact) mass is 274 g/mol. The van der Waals surface area contributed by atoms with E-state index >= 15 is 0 Å². The molecular formula is C9H17F3N2O2S. The van der Waals surface area contributed by atoms with E-state index < -0.39 is 27.9 Å². The minimum Gasteiger partial charge on any atom is -0.315 e. The number of halogens is 3. The summed E-state index contributed by atoms with van der Waals surface area (Å²) in [5, 5.41) is 2.43. The van der Waals surface area contributed by atoms with Crippen molar-refractivity contribution in [2.75, 3.05) is 19.6 Å². The maximum absolute atomic E-state index is 11.8. The van der Waals surface area contributed by atoms with E-state index in [1.54, 1.807) is 0 Å². The summed E-state index contributed by atoms with van der Waals surface area (Å²) in [6, 6.07) is 0. The van der Waals surface area contributed by atoms with E-state index in [2.05, 4.69) is 10.0 Å². The summed E-state index contributed by atoms with van der Waals surface area (Å²) in [5.74, 6) is 0. The maximum atomic E-state index is 11.8. The van der Waals surface area contributed by atoms with E-state index in [0.29, 0.717) is 13.0 Å². The lowest BCUT2D eigenvalue weighted by Gasteiger charge is -2.23. The van der Waals surface area contributed by atoms with Crippen LogP contribution < -0.4 is 10.0 Å². The van der Waals surface area contributed by atoms with E-state index in [0.717, 1.165) is 13.0 Å². The predicted octanol–water partition coefficient (Wildman–Crippen LogP) is 1.00. The number of hydrogen-bond donors (Lipinski definition) is 2. The normalized spacial score (nSPS) is 22.6. The highest BCUT2D eigenvalue weighted by Crippen LogP contribution is 2.20. The molecule has 102 valence electrons. The van der Waals surface area contributed by atoms with Crippen LogP contribution in [0.4, 0.5) is 13.2 Å². The smallest absolute Gasteiger partial charge is 0.315 e. The van der Waals surface area contributed by atoms with Crippen LogP contribution in [-0.2, 0) is 10.0 Å². The SMILES string of the molecule is O=S(=O)(NCCCC(F)(F)F)C1CCCNC1. The standard InChI is InChI=1S/C9H17F3N2O2S/c10-9(11,12)4-2-6-14-17(15,16)8-3-1-5-13-7-8/h8,13-14H,1-7H2. The van der Waals surface area contributed by atoms with Gasteiger partial charge in [0.25, 0.3) is 0 Å². The first-order valence-corrected chi connectivity index (χ1v) is 7.12. The molecule has 17 heavy (non-hydrogen) atoms. The van der Waals surface area contributed by atoms with E-state index in [1.807, 2.05) is 0 Å². The molecule has 0 amide bonds. The third-order valence-corrected chi connectivity index (χ3v) is 4.52. The molecular weight excluding hydrogens is 257 g/mol. The molecule has 8 heteroatoms. The highest BCUT2D eigenvalue weighted by Gasteiger charge is 2.28. The Morgan fingerprint density at radius 3 is 2.59 bits per heavy atom.